The SMILES string of the molecule is COC(=O)[C@]12C(C(C)(C)C)=C(C(C)(C)C)[C@@]1(C(C)(C)C)OC(CC(C)(C)C)=NC2c1ccccc1. The molecule has 1 aromatic carbocycles. The van der Waals surface area contributed by atoms with E-state index in [1.54, 1.807) is 0 Å². The quantitative estimate of drug-likeness (QED) is 0.325. The van der Waals surface area contributed by atoms with E-state index in [-0.39, 0.29) is 22.2 Å². The number of methoxy groups -OCH3 is 1. The van der Waals surface area contributed by atoms with Gasteiger partial charge in [0.1, 0.15) is 6.04 Å². The molecular weight excluding hydrogens is 434 g/mol. The molecule has 0 aromatic heterocycles. The average molecular weight is 482 g/mol. The Labute approximate surface area is 213 Å². The maximum Gasteiger partial charge on any atom is 0.323 e. The first-order valence-electron chi connectivity index (χ1n) is 12.9. The van der Waals surface area contributed by atoms with Crippen molar-refractivity contribution in [2.45, 2.75) is 101 Å². The molecule has 1 aliphatic heterocycles. The Morgan fingerprint density at radius 2 is 1.40 bits per heavy atom. The van der Waals surface area contributed by atoms with Gasteiger partial charge >= 0.3 is 5.97 Å². The molecule has 194 valence electrons. The van der Waals surface area contributed by atoms with E-state index in [9.17, 15) is 4.79 Å². The first-order chi connectivity index (χ1) is 15.7. The predicted molar refractivity (Wildman–Crippen MR) is 144 cm³/mol. The number of ether oxygens (including phenoxy) is 2. The molecule has 3 rings (SSSR count). The Bertz CT molecular complexity index is 1040. The normalized spacial score (nSPS) is 27.5. The Morgan fingerprint density at radius 1 is 0.886 bits per heavy atom. The number of rotatable bonds is 3. The number of hydrogen-bond donors (Lipinski definition) is 0. The van der Waals surface area contributed by atoms with E-state index in [0.29, 0.717) is 6.42 Å². The third-order valence-electron chi connectivity index (χ3n) is 7.37. The summed E-state index contributed by atoms with van der Waals surface area (Å²) in [5, 5.41) is 0. The first-order valence-corrected chi connectivity index (χ1v) is 12.9. The lowest BCUT2D eigenvalue weighted by atomic mass is 9.36. The van der Waals surface area contributed by atoms with Gasteiger partial charge in [-0.2, -0.15) is 0 Å². The molecule has 2 aliphatic rings. The summed E-state index contributed by atoms with van der Waals surface area (Å²) in [7, 11) is 1.50. The van der Waals surface area contributed by atoms with Crippen molar-refractivity contribution in [3.63, 3.8) is 0 Å². The summed E-state index contributed by atoms with van der Waals surface area (Å²) in [6, 6.07) is 9.78. The van der Waals surface area contributed by atoms with E-state index < -0.39 is 22.5 Å². The van der Waals surface area contributed by atoms with Crippen molar-refractivity contribution in [1.82, 2.24) is 0 Å². The van der Waals surface area contributed by atoms with Crippen LogP contribution in [-0.2, 0) is 14.3 Å². The number of benzene rings is 1. The average Bonchev–Trinajstić information content (AvgIpc) is 2.65. The summed E-state index contributed by atoms with van der Waals surface area (Å²) in [4.78, 5) is 19.6. The van der Waals surface area contributed by atoms with E-state index in [0.717, 1.165) is 17.0 Å². The van der Waals surface area contributed by atoms with Gasteiger partial charge in [0.25, 0.3) is 0 Å². The number of esters is 1. The highest BCUT2D eigenvalue weighted by Crippen LogP contribution is 2.76. The molecule has 4 nitrogen and oxygen atoms in total. The highest BCUT2D eigenvalue weighted by molar-refractivity contribution is 5.94. The topological polar surface area (TPSA) is 47.9 Å². The van der Waals surface area contributed by atoms with Crippen LogP contribution in [0.1, 0.15) is 101 Å². The van der Waals surface area contributed by atoms with Gasteiger partial charge in [0.05, 0.1) is 7.11 Å². The second-order valence-corrected chi connectivity index (χ2v) is 14.7. The maximum absolute atomic E-state index is 14.3. The molecular formula is C31H47NO3. The molecule has 0 saturated carbocycles. The van der Waals surface area contributed by atoms with Gasteiger partial charge in [-0.15, -0.1) is 0 Å². The fourth-order valence-corrected chi connectivity index (χ4v) is 6.59. The van der Waals surface area contributed by atoms with E-state index in [1.807, 2.05) is 18.2 Å². The highest BCUT2D eigenvalue weighted by Gasteiger charge is 2.82. The number of hydrogen-bond acceptors (Lipinski definition) is 4. The minimum Gasteiger partial charge on any atom is -0.468 e. The second kappa shape index (κ2) is 8.21. The number of carbonyl (C=O) groups excluding carboxylic acids is 1. The zero-order chi connectivity index (χ0) is 26.8. The van der Waals surface area contributed by atoms with Gasteiger partial charge in [-0.25, -0.2) is 4.99 Å². The van der Waals surface area contributed by atoms with Gasteiger partial charge in [-0.05, 0) is 33.0 Å². The molecule has 0 saturated heterocycles. The van der Waals surface area contributed by atoms with Crippen molar-refractivity contribution in [2.75, 3.05) is 7.11 Å². The molecule has 0 amide bonds. The van der Waals surface area contributed by atoms with E-state index in [2.05, 4.69) is 95.2 Å². The van der Waals surface area contributed by atoms with Gasteiger partial charge in [-0.3, -0.25) is 4.79 Å². The lowest BCUT2D eigenvalue weighted by Gasteiger charge is -2.71. The first kappa shape index (κ1) is 27.5. The van der Waals surface area contributed by atoms with Crippen molar-refractivity contribution < 1.29 is 14.3 Å². The third-order valence-corrected chi connectivity index (χ3v) is 7.37. The molecule has 0 fully saturated rings. The smallest absolute Gasteiger partial charge is 0.323 e. The minimum absolute atomic E-state index is 0.0212. The minimum atomic E-state index is -1.08. The second-order valence-electron chi connectivity index (χ2n) is 14.7. The molecule has 0 N–H and O–H groups in total. The number of fused-ring (bicyclic) bond motifs is 1. The Kier molecular flexibility index (Phi) is 6.45. The molecule has 4 heteroatoms. The van der Waals surface area contributed by atoms with Crippen LogP contribution in [0.4, 0.5) is 0 Å². The Hall–Kier alpha value is -2.10. The molecule has 35 heavy (non-hydrogen) atoms. The van der Waals surface area contributed by atoms with Crippen LogP contribution in [0.3, 0.4) is 0 Å². The summed E-state index contributed by atoms with van der Waals surface area (Å²) >= 11 is 0. The summed E-state index contributed by atoms with van der Waals surface area (Å²) < 4.78 is 12.8. The number of nitrogens with zero attached hydrogens (tertiary/aromatic N) is 1. The summed E-state index contributed by atoms with van der Waals surface area (Å²) in [5.41, 5.74) is 0.385. The molecule has 0 bridgehead atoms. The zero-order valence-electron chi connectivity index (χ0n) is 24.3. The molecule has 0 spiro atoms. The van der Waals surface area contributed by atoms with Gasteiger partial charge < -0.3 is 9.47 Å². The maximum atomic E-state index is 14.3. The molecule has 1 heterocycles. The van der Waals surface area contributed by atoms with Crippen LogP contribution in [0.25, 0.3) is 0 Å². The van der Waals surface area contributed by atoms with Crippen LogP contribution in [-0.4, -0.2) is 24.6 Å². The molecule has 1 aliphatic carbocycles. The van der Waals surface area contributed by atoms with Crippen molar-refractivity contribution in [3.8, 4) is 0 Å². The zero-order valence-corrected chi connectivity index (χ0v) is 24.3. The number of aliphatic imine (C=N–C) groups is 1. The molecule has 0 radical (unpaired) electrons. The van der Waals surface area contributed by atoms with Gasteiger partial charge in [-0.1, -0.05) is 113 Å². The van der Waals surface area contributed by atoms with Crippen LogP contribution < -0.4 is 0 Å². The largest absolute Gasteiger partial charge is 0.468 e. The van der Waals surface area contributed by atoms with Crippen molar-refractivity contribution in [3.05, 3.63) is 47.0 Å². The highest BCUT2D eigenvalue weighted by atomic mass is 16.5. The Balaban J connectivity index is 2.58. The standard InChI is InChI=1S/C31H47NO3/c1-26(2,3)19-21-32-24(20-17-15-14-16-18-20)30(25(33)34-13)22(27(4,5)6)23(28(7,8)9)31(30,35-21)29(10,11)12/h14-18,24H,19H2,1-13H3/t24?,30-,31+/m1/s1. The fraction of sp³-hybridized carbons (Fsp3) is 0.677. The molecule has 1 unspecified atom stereocenters. The van der Waals surface area contributed by atoms with Crippen molar-refractivity contribution in [1.29, 1.82) is 0 Å². The van der Waals surface area contributed by atoms with Crippen molar-refractivity contribution in [2.24, 2.45) is 32.1 Å². The number of carbonyl (C=O) groups is 1. The summed E-state index contributed by atoms with van der Waals surface area (Å²) in [5.74, 6) is 0.452. The van der Waals surface area contributed by atoms with Crippen molar-refractivity contribution >= 4 is 11.9 Å². The van der Waals surface area contributed by atoms with Gasteiger partial charge in [0.2, 0.25) is 0 Å². The van der Waals surface area contributed by atoms with E-state index >= 15 is 0 Å². The van der Waals surface area contributed by atoms with Gasteiger partial charge in [0.15, 0.2) is 16.9 Å². The molecule has 1 aromatic rings. The van der Waals surface area contributed by atoms with Crippen LogP contribution in [0.15, 0.2) is 46.5 Å². The predicted octanol–water partition coefficient (Wildman–Crippen LogP) is 7.94. The summed E-state index contributed by atoms with van der Waals surface area (Å²) in [6.45, 7) is 26.5. The third kappa shape index (κ3) is 4.05. The lowest BCUT2D eigenvalue weighted by Crippen LogP contribution is -2.77. The Morgan fingerprint density at radius 3 is 1.80 bits per heavy atom. The van der Waals surface area contributed by atoms with Crippen LogP contribution in [0.2, 0.25) is 0 Å². The van der Waals surface area contributed by atoms with Gasteiger partial charge in [0, 0.05) is 11.8 Å². The molecule has 3 atom stereocenters. The summed E-state index contributed by atoms with van der Waals surface area (Å²) in [6.07, 6.45) is 0.688. The fourth-order valence-electron chi connectivity index (χ4n) is 6.59. The van der Waals surface area contributed by atoms with Crippen LogP contribution in [0, 0.1) is 27.1 Å². The van der Waals surface area contributed by atoms with E-state index in [1.165, 1.54) is 12.7 Å². The van der Waals surface area contributed by atoms with E-state index in [4.69, 9.17) is 14.5 Å². The monoisotopic (exact) mass is 481 g/mol. The van der Waals surface area contributed by atoms with Crippen LogP contribution in [0.5, 0.6) is 0 Å². The lowest BCUT2D eigenvalue weighted by molar-refractivity contribution is -0.203. The van der Waals surface area contributed by atoms with Crippen LogP contribution >= 0.6 is 0 Å².